The zero-order valence-electron chi connectivity index (χ0n) is 13.1. The Morgan fingerprint density at radius 3 is 2.54 bits per heavy atom. The Balaban J connectivity index is 0.00000288. The topological polar surface area (TPSA) is 85.6 Å². The molecule has 1 amide bonds. The fraction of sp³-hybridized carbons (Fsp3) is 0.250. The molecule has 0 N–H and O–H groups in total. The molecule has 24 heavy (non-hydrogen) atoms. The van der Waals surface area contributed by atoms with Crippen molar-refractivity contribution in [2.45, 2.75) is 6.42 Å². The number of rotatable bonds is 7. The molecule has 1 aromatic heterocycles. The van der Waals surface area contributed by atoms with Gasteiger partial charge in [0.1, 0.15) is 5.75 Å². The quantitative estimate of drug-likeness (QED) is 0.565. The normalized spacial score (nSPS) is 9.71. The van der Waals surface area contributed by atoms with Crippen molar-refractivity contribution in [2.24, 2.45) is 0 Å². The lowest BCUT2D eigenvalue weighted by Gasteiger charge is -2.17. The molecular formula is C16H18ClN3O4. The molecule has 0 saturated heterocycles. The van der Waals surface area contributed by atoms with Crippen LogP contribution in [0.1, 0.15) is 5.69 Å². The molecule has 0 fully saturated rings. The summed E-state index contributed by atoms with van der Waals surface area (Å²) in [6.07, 6.45) is 2.38. The van der Waals surface area contributed by atoms with E-state index in [0.29, 0.717) is 18.7 Å². The predicted octanol–water partition coefficient (Wildman–Crippen LogP) is 2.49. The smallest absolute Gasteiger partial charge is 0.269 e. The number of aromatic nitrogens is 1. The lowest BCUT2D eigenvalue weighted by Crippen LogP contribution is -2.33. The Kier molecular flexibility index (Phi) is 7.64. The number of ether oxygens (including phenoxy) is 1. The van der Waals surface area contributed by atoms with E-state index in [9.17, 15) is 14.9 Å². The maximum Gasteiger partial charge on any atom is 0.269 e. The van der Waals surface area contributed by atoms with Crippen LogP contribution >= 0.6 is 12.4 Å². The molecule has 0 radical (unpaired) electrons. The third-order valence-electron chi connectivity index (χ3n) is 3.27. The van der Waals surface area contributed by atoms with Gasteiger partial charge in [-0.1, -0.05) is 6.07 Å². The van der Waals surface area contributed by atoms with E-state index < -0.39 is 4.92 Å². The fourth-order valence-electron chi connectivity index (χ4n) is 1.87. The average molecular weight is 352 g/mol. The first kappa shape index (κ1) is 19.4. The lowest BCUT2D eigenvalue weighted by atomic mass is 10.2. The summed E-state index contributed by atoms with van der Waals surface area (Å²) in [6, 6.07) is 11.3. The highest BCUT2D eigenvalue weighted by molar-refractivity contribution is 5.85. The summed E-state index contributed by atoms with van der Waals surface area (Å²) in [4.78, 5) is 27.8. The van der Waals surface area contributed by atoms with Crippen molar-refractivity contribution in [3.63, 3.8) is 0 Å². The first-order chi connectivity index (χ1) is 11.1. The van der Waals surface area contributed by atoms with E-state index in [2.05, 4.69) is 4.98 Å². The van der Waals surface area contributed by atoms with Crippen LogP contribution in [0.3, 0.4) is 0 Å². The van der Waals surface area contributed by atoms with Gasteiger partial charge in [-0.3, -0.25) is 19.9 Å². The van der Waals surface area contributed by atoms with Crippen LogP contribution in [0.25, 0.3) is 0 Å². The molecule has 128 valence electrons. The van der Waals surface area contributed by atoms with E-state index in [-0.39, 0.29) is 30.6 Å². The number of benzene rings is 1. The lowest BCUT2D eigenvalue weighted by molar-refractivity contribution is -0.384. The molecule has 0 aliphatic carbocycles. The number of nitro groups is 1. The standard InChI is InChI=1S/C16H17N3O4.ClH/c1-18(11-9-13-4-2-3-10-17-13)16(20)12-23-15-7-5-14(6-8-15)19(21)22;/h2-8,10H,9,11-12H2,1H3;1H. The van der Waals surface area contributed by atoms with Crippen molar-refractivity contribution in [1.82, 2.24) is 9.88 Å². The monoisotopic (exact) mass is 351 g/mol. The van der Waals surface area contributed by atoms with Crippen molar-refractivity contribution in [3.05, 3.63) is 64.5 Å². The van der Waals surface area contributed by atoms with Crippen LogP contribution in [0.4, 0.5) is 5.69 Å². The highest BCUT2D eigenvalue weighted by atomic mass is 35.5. The molecule has 8 heteroatoms. The third kappa shape index (κ3) is 5.85. The largest absolute Gasteiger partial charge is 0.484 e. The number of nitro benzene ring substituents is 1. The highest BCUT2D eigenvalue weighted by Crippen LogP contribution is 2.17. The van der Waals surface area contributed by atoms with Gasteiger partial charge in [-0.25, -0.2) is 0 Å². The van der Waals surface area contributed by atoms with Crippen molar-refractivity contribution in [2.75, 3.05) is 20.2 Å². The van der Waals surface area contributed by atoms with E-state index in [1.165, 1.54) is 24.3 Å². The van der Waals surface area contributed by atoms with Crippen LogP contribution in [0.2, 0.25) is 0 Å². The summed E-state index contributed by atoms with van der Waals surface area (Å²) in [7, 11) is 1.70. The molecule has 0 aliphatic rings. The number of carbonyl (C=O) groups is 1. The van der Waals surface area contributed by atoms with E-state index in [1.807, 2.05) is 18.2 Å². The van der Waals surface area contributed by atoms with Gasteiger partial charge in [0.05, 0.1) is 4.92 Å². The van der Waals surface area contributed by atoms with Gasteiger partial charge >= 0.3 is 0 Å². The molecule has 0 saturated carbocycles. The second kappa shape index (κ2) is 9.46. The van der Waals surface area contributed by atoms with E-state index in [1.54, 1.807) is 18.1 Å². The van der Waals surface area contributed by atoms with Crippen molar-refractivity contribution < 1.29 is 14.5 Å². The molecule has 0 spiro atoms. The van der Waals surface area contributed by atoms with Crippen LogP contribution in [-0.4, -0.2) is 40.9 Å². The predicted molar refractivity (Wildman–Crippen MR) is 91.4 cm³/mol. The van der Waals surface area contributed by atoms with Gasteiger partial charge in [0.15, 0.2) is 6.61 Å². The number of halogens is 1. The summed E-state index contributed by atoms with van der Waals surface area (Å²) in [5, 5.41) is 10.6. The second-order valence-electron chi connectivity index (χ2n) is 4.93. The maximum absolute atomic E-state index is 12.0. The van der Waals surface area contributed by atoms with Gasteiger partial charge in [0.2, 0.25) is 0 Å². The summed E-state index contributed by atoms with van der Waals surface area (Å²) in [5.74, 6) is 0.251. The molecule has 2 rings (SSSR count). The molecule has 0 atom stereocenters. The SMILES string of the molecule is CN(CCc1ccccn1)C(=O)COc1ccc([N+](=O)[O-])cc1.Cl. The van der Waals surface area contributed by atoms with Gasteiger partial charge in [-0.05, 0) is 24.3 Å². The molecule has 0 unspecified atom stereocenters. The van der Waals surface area contributed by atoms with E-state index in [0.717, 1.165) is 5.69 Å². The number of hydrogen-bond acceptors (Lipinski definition) is 5. The number of hydrogen-bond donors (Lipinski definition) is 0. The number of likely N-dealkylation sites (N-methyl/N-ethyl adjacent to an activating group) is 1. The zero-order valence-corrected chi connectivity index (χ0v) is 13.9. The Morgan fingerprint density at radius 2 is 1.96 bits per heavy atom. The third-order valence-corrected chi connectivity index (χ3v) is 3.27. The van der Waals surface area contributed by atoms with Crippen molar-refractivity contribution in [3.8, 4) is 5.75 Å². The number of pyridine rings is 1. The molecular weight excluding hydrogens is 334 g/mol. The minimum Gasteiger partial charge on any atom is -0.484 e. The van der Waals surface area contributed by atoms with Crippen LogP contribution in [0, 0.1) is 10.1 Å². The molecule has 0 bridgehead atoms. The molecule has 1 heterocycles. The summed E-state index contributed by atoms with van der Waals surface area (Å²) in [6.45, 7) is 0.427. The van der Waals surface area contributed by atoms with Gasteiger partial charge in [-0.15, -0.1) is 12.4 Å². The summed E-state index contributed by atoms with van der Waals surface area (Å²) in [5.41, 5.74) is 0.902. The minimum absolute atomic E-state index is 0. The molecule has 7 nitrogen and oxygen atoms in total. The molecule has 1 aromatic carbocycles. The Bertz CT molecular complexity index is 665. The van der Waals surface area contributed by atoms with Crippen molar-refractivity contribution in [1.29, 1.82) is 0 Å². The van der Waals surface area contributed by atoms with Gasteiger partial charge in [0.25, 0.3) is 11.6 Å². The molecule has 2 aromatic rings. The second-order valence-corrected chi connectivity index (χ2v) is 4.93. The van der Waals surface area contributed by atoms with Gasteiger partial charge < -0.3 is 9.64 Å². The number of amides is 1. The van der Waals surface area contributed by atoms with Crippen LogP contribution < -0.4 is 4.74 Å². The van der Waals surface area contributed by atoms with E-state index >= 15 is 0 Å². The summed E-state index contributed by atoms with van der Waals surface area (Å²) < 4.78 is 5.35. The van der Waals surface area contributed by atoms with Gasteiger partial charge in [-0.2, -0.15) is 0 Å². The number of nitrogens with zero attached hydrogens (tertiary/aromatic N) is 3. The first-order valence-electron chi connectivity index (χ1n) is 7.07. The fourth-order valence-corrected chi connectivity index (χ4v) is 1.87. The minimum atomic E-state index is -0.486. The summed E-state index contributed by atoms with van der Waals surface area (Å²) >= 11 is 0. The number of carbonyl (C=O) groups excluding carboxylic acids is 1. The Morgan fingerprint density at radius 1 is 1.25 bits per heavy atom. The number of non-ortho nitro benzene ring substituents is 1. The highest BCUT2D eigenvalue weighted by Gasteiger charge is 2.11. The average Bonchev–Trinajstić information content (AvgIpc) is 2.58. The Hall–Kier alpha value is -2.67. The van der Waals surface area contributed by atoms with Crippen LogP contribution in [0.5, 0.6) is 5.75 Å². The van der Waals surface area contributed by atoms with Crippen molar-refractivity contribution >= 4 is 24.0 Å². The van der Waals surface area contributed by atoms with Crippen LogP contribution in [-0.2, 0) is 11.2 Å². The maximum atomic E-state index is 12.0. The first-order valence-corrected chi connectivity index (χ1v) is 7.07. The van der Waals surface area contributed by atoms with E-state index in [4.69, 9.17) is 4.74 Å². The van der Waals surface area contributed by atoms with Crippen LogP contribution in [0.15, 0.2) is 48.7 Å². The Labute approximate surface area is 145 Å². The molecule has 0 aliphatic heterocycles. The van der Waals surface area contributed by atoms with Gasteiger partial charge in [0, 0.05) is 44.0 Å². The zero-order chi connectivity index (χ0) is 16.7.